The fraction of sp³-hybridized carbons (Fsp3) is 0.786. The van der Waals surface area contributed by atoms with Gasteiger partial charge in [0, 0.05) is 34.4 Å². The van der Waals surface area contributed by atoms with Crippen LogP contribution in [0.4, 0.5) is 0 Å². The summed E-state index contributed by atoms with van der Waals surface area (Å²) >= 11 is 14.0. The number of hydrogen-bond donors (Lipinski definition) is 0. The zero-order chi connectivity index (χ0) is 13.8. The molecule has 18 heavy (non-hydrogen) atoms. The molecule has 0 amide bonds. The second-order valence-electron chi connectivity index (χ2n) is 6.07. The summed E-state index contributed by atoms with van der Waals surface area (Å²) in [4.78, 5) is 4.75. The smallest absolute Gasteiger partial charge is 0.0934 e. The molecule has 1 rings (SSSR count). The molecule has 0 aliphatic carbocycles. The minimum absolute atomic E-state index is 0.00483. The van der Waals surface area contributed by atoms with Crippen molar-refractivity contribution in [3.8, 4) is 0 Å². The maximum atomic E-state index is 6.14. The molecule has 0 aromatic carbocycles. The van der Waals surface area contributed by atoms with Crippen molar-refractivity contribution in [2.24, 2.45) is 5.41 Å². The van der Waals surface area contributed by atoms with Gasteiger partial charge in [-0.3, -0.25) is 0 Å². The van der Waals surface area contributed by atoms with Crippen LogP contribution in [0, 0.1) is 5.41 Å². The third-order valence-electron chi connectivity index (χ3n) is 3.19. The molecule has 0 aliphatic heterocycles. The van der Waals surface area contributed by atoms with E-state index in [4.69, 9.17) is 28.2 Å². The minimum Gasteiger partial charge on any atom is -0.246 e. The van der Waals surface area contributed by atoms with Crippen molar-refractivity contribution in [2.45, 2.75) is 52.4 Å². The molecule has 0 spiro atoms. The lowest BCUT2D eigenvalue weighted by Crippen LogP contribution is -2.28. The van der Waals surface area contributed by atoms with Crippen LogP contribution in [0.5, 0.6) is 0 Å². The van der Waals surface area contributed by atoms with Gasteiger partial charge in [-0.15, -0.1) is 34.5 Å². The highest BCUT2D eigenvalue weighted by molar-refractivity contribution is 7.09. The molecule has 1 aromatic rings. The Labute approximate surface area is 125 Å². The van der Waals surface area contributed by atoms with Crippen LogP contribution in [-0.2, 0) is 11.8 Å². The van der Waals surface area contributed by atoms with Crippen LogP contribution < -0.4 is 0 Å². The third kappa shape index (κ3) is 4.11. The van der Waals surface area contributed by atoms with Gasteiger partial charge in [-0.05, 0) is 6.42 Å². The standard InChI is InChI=1S/C14H23Cl2NS/c1-5-6-14(9-15,10-16)7-12-17-11(8-18-12)13(2,3)4/h8H,5-7,9-10H2,1-4H3. The summed E-state index contributed by atoms with van der Waals surface area (Å²) in [6, 6.07) is 0. The fourth-order valence-corrected chi connectivity index (χ4v) is 3.88. The van der Waals surface area contributed by atoms with Crippen LogP contribution in [0.2, 0.25) is 0 Å². The van der Waals surface area contributed by atoms with Crippen LogP contribution in [0.1, 0.15) is 51.2 Å². The molecule has 0 atom stereocenters. The monoisotopic (exact) mass is 307 g/mol. The van der Waals surface area contributed by atoms with Gasteiger partial charge in [0.15, 0.2) is 0 Å². The zero-order valence-corrected chi connectivity index (χ0v) is 14.1. The molecular formula is C14H23Cl2NS. The van der Waals surface area contributed by atoms with Gasteiger partial charge in [-0.1, -0.05) is 34.1 Å². The quantitative estimate of drug-likeness (QED) is 0.654. The molecule has 104 valence electrons. The van der Waals surface area contributed by atoms with Crippen molar-refractivity contribution in [1.29, 1.82) is 0 Å². The molecule has 0 saturated carbocycles. The highest BCUT2D eigenvalue weighted by atomic mass is 35.5. The van der Waals surface area contributed by atoms with E-state index in [1.54, 1.807) is 11.3 Å². The van der Waals surface area contributed by atoms with E-state index >= 15 is 0 Å². The van der Waals surface area contributed by atoms with Crippen molar-refractivity contribution in [3.05, 3.63) is 16.1 Å². The highest BCUT2D eigenvalue weighted by Crippen LogP contribution is 2.34. The molecule has 1 heterocycles. The van der Waals surface area contributed by atoms with E-state index in [0.29, 0.717) is 11.8 Å². The Bertz CT molecular complexity index is 364. The molecule has 4 heteroatoms. The molecule has 0 aliphatic rings. The molecule has 1 aromatic heterocycles. The van der Waals surface area contributed by atoms with Crippen LogP contribution >= 0.6 is 34.5 Å². The van der Waals surface area contributed by atoms with E-state index in [1.165, 1.54) is 0 Å². The van der Waals surface area contributed by atoms with Crippen LogP contribution in [0.3, 0.4) is 0 Å². The van der Waals surface area contributed by atoms with Gasteiger partial charge in [0.2, 0.25) is 0 Å². The summed E-state index contributed by atoms with van der Waals surface area (Å²) in [5, 5.41) is 3.32. The van der Waals surface area contributed by atoms with E-state index in [1.807, 2.05) is 0 Å². The number of alkyl halides is 2. The lowest BCUT2D eigenvalue weighted by molar-refractivity contribution is 0.340. The topological polar surface area (TPSA) is 12.9 Å². The van der Waals surface area contributed by atoms with Crippen molar-refractivity contribution < 1.29 is 0 Å². The van der Waals surface area contributed by atoms with E-state index in [9.17, 15) is 0 Å². The van der Waals surface area contributed by atoms with E-state index in [2.05, 4.69) is 33.1 Å². The summed E-state index contributed by atoms with van der Waals surface area (Å²) < 4.78 is 0. The van der Waals surface area contributed by atoms with Gasteiger partial charge >= 0.3 is 0 Å². The van der Waals surface area contributed by atoms with Crippen LogP contribution in [0.15, 0.2) is 5.38 Å². The van der Waals surface area contributed by atoms with Gasteiger partial charge in [-0.25, -0.2) is 4.98 Å². The van der Waals surface area contributed by atoms with Crippen molar-refractivity contribution in [1.82, 2.24) is 4.98 Å². The molecule has 0 N–H and O–H groups in total. The second-order valence-corrected chi connectivity index (χ2v) is 7.55. The Morgan fingerprint density at radius 1 is 1.22 bits per heavy atom. The normalized spacial score (nSPS) is 13.0. The van der Waals surface area contributed by atoms with E-state index in [0.717, 1.165) is 30.0 Å². The van der Waals surface area contributed by atoms with Gasteiger partial charge in [0.25, 0.3) is 0 Å². The Balaban J connectivity index is 2.85. The first-order valence-electron chi connectivity index (χ1n) is 6.44. The average Bonchev–Trinajstić information content (AvgIpc) is 2.76. The van der Waals surface area contributed by atoms with Crippen molar-refractivity contribution in [2.75, 3.05) is 11.8 Å². The number of nitrogens with zero attached hydrogens (tertiary/aromatic N) is 1. The average molecular weight is 308 g/mol. The van der Waals surface area contributed by atoms with Crippen LogP contribution in [0.25, 0.3) is 0 Å². The SMILES string of the molecule is CCCC(CCl)(CCl)Cc1nc(C(C)(C)C)cs1. The summed E-state index contributed by atoms with van der Waals surface area (Å²) in [5.74, 6) is 1.21. The predicted molar refractivity (Wildman–Crippen MR) is 83.3 cm³/mol. The summed E-state index contributed by atoms with van der Waals surface area (Å²) in [6.07, 6.45) is 3.07. The first kappa shape index (κ1) is 16.3. The molecule has 0 unspecified atom stereocenters. The molecule has 1 nitrogen and oxygen atoms in total. The summed E-state index contributed by atoms with van der Waals surface area (Å²) in [6.45, 7) is 8.74. The predicted octanol–water partition coefficient (Wildman–Crippen LogP) is 5.25. The number of aromatic nitrogens is 1. The molecule has 0 fully saturated rings. The van der Waals surface area contributed by atoms with Gasteiger partial charge < -0.3 is 0 Å². The number of halogens is 2. The molecule has 0 bridgehead atoms. The number of rotatable bonds is 6. The second kappa shape index (κ2) is 6.58. The van der Waals surface area contributed by atoms with E-state index < -0.39 is 0 Å². The minimum atomic E-state index is 0.00483. The maximum absolute atomic E-state index is 6.14. The molecule has 0 saturated heterocycles. The molecule has 0 radical (unpaired) electrons. The maximum Gasteiger partial charge on any atom is 0.0934 e. The summed E-state index contributed by atoms with van der Waals surface area (Å²) in [7, 11) is 0. The Morgan fingerprint density at radius 3 is 2.22 bits per heavy atom. The fourth-order valence-electron chi connectivity index (χ4n) is 1.94. The Morgan fingerprint density at radius 2 is 1.83 bits per heavy atom. The first-order chi connectivity index (χ1) is 8.37. The van der Waals surface area contributed by atoms with Crippen molar-refractivity contribution >= 4 is 34.5 Å². The highest BCUT2D eigenvalue weighted by Gasteiger charge is 2.29. The largest absolute Gasteiger partial charge is 0.246 e. The zero-order valence-electron chi connectivity index (χ0n) is 11.7. The number of hydrogen-bond acceptors (Lipinski definition) is 2. The van der Waals surface area contributed by atoms with Gasteiger partial charge in [0.1, 0.15) is 0 Å². The first-order valence-corrected chi connectivity index (χ1v) is 8.38. The Hall–Kier alpha value is 0.210. The van der Waals surface area contributed by atoms with Crippen molar-refractivity contribution in [3.63, 3.8) is 0 Å². The van der Waals surface area contributed by atoms with Gasteiger partial charge in [0.05, 0.1) is 10.7 Å². The molecular weight excluding hydrogens is 285 g/mol. The van der Waals surface area contributed by atoms with Gasteiger partial charge in [-0.2, -0.15) is 0 Å². The third-order valence-corrected chi connectivity index (χ3v) is 5.18. The lowest BCUT2D eigenvalue weighted by atomic mass is 9.84. The Kier molecular flexibility index (Phi) is 5.95. The number of thiazole rings is 1. The van der Waals surface area contributed by atoms with Crippen LogP contribution in [-0.4, -0.2) is 16.7 Å². The lowest BCUT2D eigenvalue weighted by Gasteiger charge is -2.28. The van der Waals surface area contributed by atoms with E-state index in [-0.39, 0.29) is 10.8 Å². The summed E-state index contributed by atoms with van der Waals surface area (Å²) in [5.41, 5.74) is 1.28.